The van der Waals surface area contributed by atoms with E-state index < -0.39 is 0 Å². The molecule has 0 spiro atoms. The molecule has 1 N–H and O–H groups in total. The first-order valence-electron chi connectivity index (χ1n) is 6.99. The second kappa shape index (κ2) is 6.72. The first-order chi connectivity index (χ1) is 9.56. The Hall–Kier alpha value is -1.59. The van der Waals surface area contributed by atoms with Gasteiger partial charge in [-0.15, -0.1) is 0 Å². The van der Waals surface area contributed by atoms with Crippen molar-refractivity contribution in [1.82, 2.24) is 19.8 Å². The van der Waals surface area contributed by atoms with Gasteiger partial charge in [-0.25, -0.2) is 4.98 Å². The minimum absolute atomic E-state index is 0.475. The molecule has 0 aliphatic rings. The fourth-order valence-corrected chi connectivity index (χ4v) is 2.07. The summed E-state index contributed by atoms with van der Waals surface area (Å²) in [6.07, 6.45) is 5.56. The van der Waals surface area contributed by atoms with Crippen LogP contribution >= 0.6 is 0 Å². The van der Waals surface area contributed by atoms with Crippen LogP contribution in [0.1, 0.15) is 31.0 Å². The Kier molecular flexibility index (Phi) is 4.98. The highest BCUT2D eigenvalue weighted by Gasteiger charge is 2.11. The molecule has 0 aromatic carbocycles. The molecule has 2 rings (SSSR count). The lowest BCUT2D eigenvalue weighted by Gasteiger charge is -2.16. The molecule has 0 saturated heterocycles. The molecule has 5 nitrogen and oxygen atoms in total. The number of aromatic nitrogens is 2. The van der Waals surface area contributed by atoms with Gasteiger partial charge in [-0.2, -0.15) is 0 Å². The van der Waals surface area contributed by atoms with Crippen molar-refractivity contribution in [2.75, 3.05) is 7.05 Å². The molecule has 20 heavy (non-hydrogen) atoms. The van der Waals surface area contributed by atoms with Gasteiger partial charge >= 0.3 is 0 Å². The molecule has 110 valence electrons. The van der Waals surface area contributed by atoms with Gasteiger partial charge in [0.05, 0.1) is 19.4 Å². The van der Waals surface area contributed by atoms with E-state index in [0.29, 0.717) is 6.04 Å². The number of aryl methyl sites for hydroxylation is 1. The number of hydrogen-bond donors (Lipinski definition) is 1. The average Bonchev–Trinajstić information content (AvgIpc) is 2.97. The van der Waals surface area contributed by atoms with Crippen molar-refractivity contribution < 1.29 is 4.42 Å². The van der Waals surface area contributed by atoms with Crippen LogP contribution in [0.5, 0.6) is 0 Å². The smallest absolute Gasteiger partial charge is 0.122 e. The highest BCUT2D eigenvalue weighted by atomic mass is 16.3. The van der Waals surface area contributed by atoms with Gasteiger partial charge in [0.2, 0.25) is 0 Å². The van der Waals surface area contributed by atoms with Gasteiger partial charge in [0.25, 0.3) is 0 Å². The maximum absolute atomic E-state index is 5.61. The monoisotopic (exact) mass is 276 g/mol. The van der Waals surface area contributed by atoms with Crippen molar-refractivity contribution in [3.8, 4) is 0 Å². The highest BCUT2D eigenvalue weighted by molar-refractivity contribution is 5.17. The summed E-state index contributed by atoms with van der Waals surface area (Å²) in [5.41, 5.74) is 1.23. The summed E-state index contributed by atoms with van der Waals surface area (Å²) in [4.78, 5) is 6.55. The summed E-state index contributed by atoms with van der Waals surface area (Å²) >= 11 is 0. The SMILES string of the molecule is CC(C)NCc1ccoc1CN(C)Cc1nccn1C. The molecule has 0 aliphatic heterocycles. The normalized spacial score (nSPS) is 11.7. The van der Waals surface area contributed by atoms with E-state index in [1.807, 2.05) is 30.1 Å². The third-order valence-electron chi connectivity index (χ3n) is 3.28. The van der Waals surface area contributed by atoms with Crippen LogP contribution in [0.25, 0.3) is 0 Å². The lowest BCUT2D eigenvalue weighted by Crippen LogP contribution is -2.23. The second-order valence-corrected chi connectivity index (χ2v) is 5.53. The van der Waals surface area contributed by atoms with Gasteiger partial charge in [-0.3, -0.25) is 4.90 Å². The van der Waals surface area contributed by atoms with Crippen molar-refractivity contribution in [3.05, 3.63) is 41.9 Å². The minimum atomic E-state index is 0.475. The van der Waals surface area contributed by atoms with Crippen LogP contribution in [-0.2, 0) is 26.7 Å². The van der Waals surface area contributed by atoms with E-state index in [1.165, 1.54) is 5.56 Å². The number of nitrogens with zero attached hydrogens (tertiary/aromatic N) is 3. The first kappa shape index (κ1) is 14.8. The van der Waals surface area contributed by atoms with Crippen LogP contribution in [0.2, 0.25) is 0 Å². The fourth-order valence-electron chi connectivity index (χ4n) is 2.07. The number of nitrogens with one attached hydrogen (secondary N) is 1. The summed E-state index contributed by atoms with van der Waals surface area (Å²) in [6, 6.07) is 2.52. The van der Waals surface area contributed by atoms with Crippen molar-refractivity contribution >= 4 is 0 Å². The zero-order valence-electron chi connectivity index (χ0n) is 12.8. The Bertz CT molecular complexity index is 529. The summed E-state index contributed by atoms with van der Waals surface area (Å²) in [5.74, 6) is 2.08. The predicted octanol–water partition coefficient (Wildman–Crippen LogP) is 2.14. The number of hydrogen-bond acceptors (Lipinski definition) is 4. The van der Waals surface area contributed by atoms with Crippen LogP contribution < -0.4 is 5.32 Å². The molecular formula is C15H24N4O. The van der Waals surface area contributed by atoms with Crippen LogP contribution in [0.3, 0.4) is 0 Å². The molecule has 2 aromatic rings. The molecule has 2 aromatic heterocycles. The van der Waals surface area contributed by atoms with E-state index in [1.54, 1.807) is 6.26 Å². The number of rotatable bonds is 7. The first-order valence-corrected chi connectivity index (χ1v) is 6.99. The van der Waals surface area contributed by atoms with Crippen LogP contribution in [0, 0.1) is 0 Å². The molecule has 0 fully saturated rings. The second-order valence-electron chi connectivity index (χ2n) is 5.53. The summed E-state index contributed by atoms with van der Waals surface area (Å²) in [7, 11) is 4.10. The molecule has 5 heteroatoms. The molecule has 2 heterocycles. The predicted molar refractivity (Wildman–Crippen MR) is 79.1 cm³/mol. The quantitative estimate of drug-likeness (QED) is 0.841. The molecule has 0 saturated carbocycles. The van der Waals surface area contributed by atoms with E-state index in [0.717, 1.165) is 31.2 Å². The lowest BCUT2D eigenvalue weighted by atomic mass is 10.2. The van der Waals surface area contributed by atoms with Crippen molar-refractivity contribution in [3.63, 3.8) is 0 Å². The summed E-state index contributed by atoms with van der Waals surface area (Å²) < 4.78 is 7.65. The Labute approximate surface area is 120 Å². The zero-order chi connectivity index (χ0) is 14.5. The Morgan fingerprint density at radius 3 is 2.85 bits per heavy atom. The third-order valence-corrected chi connectivity index (χ3v) is 3.28. The Morgan fingerprint density at radius 1 is 1.40 bits per heavy atom. The topological polar surface area (TPSA) is 46.2 Å². The van der Waals surface area contributed by atoms with E-state index in [4.69, 9.17) is 4.42 Å². The average molecular weight is 276 g/mol. The summed E-state index contributed by atoms with van der Waals surface area (Å²) in [6.45, 7) is 6.73. The van der Waals surface area contributed by atoms with Gasteiger partial charge in [0, 0.05) is 37.6 Å². The van der Waals surface area contributed by atoms with Gasteiger partial charge in [0.15, 0.2) is 0 Å². The maximum Gasteiger partial charge on any atom is 0.122 e. The molecule has 0 radical (unpaired) electrons. The van der Waals surface area contributed by atoms with E-state index in [-0.39, 0.29) is 0 Å². The molecular weight excluding hydrogens is 252 g/mol. The highest BCUT2D eigenvalue weighted by Crippen LogP contribution is 2.14. The number of furan rings is 1. The van der Waals surface area contributed by atoms with E-state index >= 15 is 0 Å². The number of imidazole rings is 1. The van der Waals surface area contributed by atoms with Gasteiger partial charge in [0.1, 0.15) is 11.6 Å². The Balaban J connectivity index is 1.92. The third kappa shape index (κ3) is 3.95. The molecule has 0 atom stereocenters. The Morgan fingerprint density at radius 2 is 2.20 bits per heavy atom. The van der Waals surface area contributed by atoms with Crippen LogP contribution in [0.4, 0.5) is 0 Å². The van der Waals surface area contributed by atoms with E-state index in [2.05, 4.69) is 36.1 Å². The van der Waals surface area contributed by atoms with Gasteiger partial charge in [-0.1, -0.05) is 13.8 Å². The molecule has 0 bridgehead atoms. The van der Waals surface area contributed by atoms with Crippen molar-refractivity contribution in [2.24, 2.45) is 7.05 Å². The molecule has 0 amide bonds. The molecule has 0 aliphatic carbocycles. The van der Waals surface area contributed by atoms with E-state index in [9.17, 15) is 0 Å². The van der Waals surface area contributed by atoms with Crippen LogP contribution in [0.15, 0.2) is 29.1 Å². The largest absolute Gasteiger partial charge is 0.468 e. The van der Waals surface area contributed by atoms with Crippen LogP contribution in [-0.4, -0.2) is 27.5 Å². The maximum atomic E-state index is 5.61. The fraction of sp³-hybridized carbons (Fsp3) is 0.533. The summed E-state index contributed by atoms with van der Waals surface area (Å²) in [5, 5.41) is 3.42. The van der Waals surface area contributed by atoms with Gasteiger partial charge < -0.3 is 14.3 Å². The van der Waals surface area contributed by atoms with Crippen molar-refractivity contribution in [2.45, 2.75) is 39.5 Å². The lowest BCUT2D eigenvalue weighted by molar-refractivity contribution is 0.276. The van der Waals surface area contributed by atoms with Gasteiger partial charge in [-0.05, 0) is 13.1 Å². The standard InChI is InChI=1S/C15H24N4O/c1-12(2)17-9-13-5-8-20-14(13)10-18(3)11-15-16-6-7-19(15)4/h5-8,12,17H,9-11H2,1-4H3. The molecule has 0 unspecified atom stereocenters. The van der Waals surface area contributed by atoms with Crippen molar-refractivity contribution in [1.29, 1.82) is 0 Å². The minimum Gasteiger partial charge on any atom is -0.468 e. The zero-order valence-corrected chi connectivity index (χ0v) is 12.8.